The van der Waals surface area contributed by atoms with E-state index in [2.05, 4.69) is 15.3 Å². The Balaban J connectivity index is 1.33. The molecular formula is C25H25FN6O4. The lowest BCUT2D eigenvalue weighted by molar-refractivity contribution is -0.149. The number of rotatable bonds is 7. The van der Waals surface area contributed by atoms with Crippen LogP contribution in [0.3, 0.4) is 0 Å². The number of hydrogen-bond donors (Lipinski definition) is 1. The highest BCUT2D eigenvalue weighted by Gasteiger charge is 2.36. The Morgan fingerprint density at radius 1 is 1.14 bits per heavy atom. The van der Waals surface area contributed by atoms with E-state index >= 15 is 4.39 Å². The fourth-order valence-electron chi connectivity index (χ4n) is 4.29. The van der Waals surface area contributed by atoms with Crippen LogP contribution in [0.4, 0.5) is 10.1 Å². The van der Waals surface area contributed by atoms with Gasteiger partial charge in [-0.2, -0.15) is 0 Å². The number of alkyl halides is 1. The topological polar surface area (TPSA) is 124 Å². The summed E-state index contributed by atoms with van der Waals surface area (Å²) in [4.78, 5) is 20.4. The summed E-state index contributed by atoms with van der Waals surface area (Å²) >= 11 is 0. The molecule has 1 fully saturated rings. The summed E-state index contributed by atoms with van der Waals surface area (Å²) in [5, 5.41) is 8.03. The largest absolute Gasteiger partial charge is 0.365 e. The number of halogens is 1. The molecule has 3 aromatic heterocycles. The Morgan fingerprint density at radius 3 is 2.69 bits per heavy atom. The van der Waals surface area contributed by atoms with Gasteiger partial charge in [0.1, 0.15) is 23.7 Å². The van der Waals surface area contributed by atoms with Gasteiger partial charge in [-0.25, -0.2) is 4.39 Å². The highest BCUT2D eigenvalue weighted by atomic mass is 19.1. The van der Waals surface area contributed by atoms with Crippen LogP contribution >= 0.6 is 0 Å². The number of piperazine rings is 1. The van der Waals surface area contributed by atoms with Crippen LogP contribution in [0.25, 0.3) is 11.3 Å². The van der Waals surface area contributed by atoms with Crippen molar-refractivity contribution >= 4 is 11.6 Å². The fourth-order valence-corrected chi connectivity index (χ4v) is 4.29. The molecule has 0 spiro atoms. The molecule has 0 saturated carbocycles. The van der Waals surface area contributed by atoms with Crippen LogP contribution in [0.5, 0.6) is 0 Å². The Bertz CT molecular complexity index is 1300. The minimum atomic E-state index is -1.53. The van der Waals surface area contributed by atoms with E-state index < -0.39 is 24.3 Å². The molecule has 0 radical (unpaired) electrons. The molecule has 1 aliphatic heterocycles. The SMILES string of the molecule is COC(C(=O)N1CCN(c2ccccc2-c2cc(C(N)c3ccon3)on2)CC1F)c1ccccn1. The quantitative estimate of drug-likeness (QED) is 0.388. The number of anilines is 1. The van der Waals surface area contributed by atoms with E-state index in [-0.39, 0.29) is 13.1 Å². The van der Waals surface area contributed by atoms with Gasteiger partial charge in [0, 0.05) is 49.8 Å². The highest BCUT2D eigenvalue weighted by Crippen LogP contribution is 2.34. The Morgan fingerprint density at radius 2 is 1.97 bits per heavy atom. The van der Waals surface area contributed by atoms with Crippen molar-refractivity contribution in [3.05, 3.63) is 84.2 Å². The van der Waals surface area contributed by atoms with E-state index in [0.29, 0.717) is 29.4 Å². The normalized spacial score (nSPS) is 17.7. The molecule has 0 bridgehead atoms. The summed E-state index contributed by atoms with van der Waals surface area (Å²) in [6.07, 6.45) is 0.509. The predicted octanol–water partition coefficient (Wildman–Crippen LogP) is 3.10. The molecule has 3 atom stereocenters. The molecular weight excluding hydrogens is 467 g/mol. The third-order valence-corrected chi connectivity index (χ3v) is 6.15. The summed E-state index contributed by atoms with van der Waals surface area (Å²) in [5.74, 6) is -0.0350. The van der Waals surface area contributed by atoms with E-state index in [1.165, 1.54) is 18.3 Å². The second kappa shape index (κ2) is 10.3. The molecule has 5 rings (SSSR count). The highest BCUT2D eigenvalue weighted by molar-refractivity contribution is 5.83. The number of para-hydroxylation sites is 1. The Hall–Kier alpha value is -4.09. The molecule has 2 N–H and O–H groups in total. The van der Waals surface area contributed by atoms with Crippen molar-refractivity contribution in [2.75, 3.05) is 31.6 Å². The molecule has 1 aliphatic rings. The van der Waals surface area contributed by atoms with Crippen molar-refractivity contribution in [2.45, 2.75) is 18.4 Å². The number of pyridine rings is 1. The van der Waals surface area contributed by atoms with Gasteiger partial charge in [0.15, 0.2) is 18.2 Å². The zero-order chi connectivity index (χ0) is 25.1. The second-order valence-corrected chi connectivity index (χ2v) is 8.32. The van der Waals surface area contributed by atoms with Crippen LogP contribution in [-0.4, -0.2) is 59.1 Å². The van der Waals surface area contributed by atoms with E-state index in [1.807, 2.05) is 29.2 Å². The van der Waals surface area contributed by atoms with Crippen molar-refractivity contribution in [3.8, 4) is 11.3 Å². The van der Waals surface area contributed by atoms with Crippen LogP contribution in [0, 0.1) is 0 Å². The number of ether oxygens (including phenoxy) is 1. The number of amides is 1. The van der Waals surface area contributed by atoms with Crippen LogP contribution in [0.15, 0.2) is 76.1 Å². The maximum Gasteiger partial charge on any atom is 0.260 e. The van der Waals surface area contributed by atoms with Crippen molar-refractivity contribution in [1.29, 1.82) is 0 Å². The van der Waals surface area contributed by atoms with Crippen molar-refractivity contribution in [2.24, 2.45) is 5.73 Å². The molecule has 4 aromatic rings. The maximum atomic E-state index is 15.4. The van der Waals surface area contributed by atoms with Gasteiger partial charge in [-0.15, -0.1) is 0 Å². The minimum absolute atomic E-state index is 0.00936. The zero-order valence-electron chi connectivity index (χ0n) is 19.5. The minimum Gasteiger partial charge on any atom is -0.365 e. The van der Waals surface area contributed by atoms with Crippen LogP contribution in [0.2, 0.25) is 0 Å². The van der Waals surface area contributed by atoms with E-state index in [9.17, 15) is 4.79 Å². The number of aromatic nitrogens is 3. The van der Waals surface area contributed by atoms with Crippen molar-refractivity contribution < 1.29 is 23.0 Å². The second-order valence-electron chi connectivity index (χ2n) is 8.32. The Kier molecular flexibility index (Phi) is 6.74. The lowest BCUT2D eigenvalue weighted by Crippen LogP contribution is -2.55. The first kappa shape index (κ1) is 23.6. The molecule has 186 valence electrons. The first-order chi connectivity index (χ1) is 17.6. The smallest absolute Gasteiger partial charge is 0.260 e. The molecule has 4 heterocycles. The van der Waals surface area contributed by atoms with E-state index in [1.54, 1.807) is 36.5 Å². The predicted molar refractivity (Wildman–Crippen MR) is 127 cm³/mol. The molecule has 1 aromatic carbocycles. The van der Waals surface area contributed by atoms with Gasteiger partial charge in [-0.05, 0) is 18.2 Å². The summed E-state index contributed by atoms with van der Waals surface area (Å²) < 4.78 is 31.1. The summed E-state index contributed by atoms with van der Waals surface area (Å²) in [6.45, 7) is 0.595. The summed E-state index contributed by atoms with van der Waals surface area (Å²) in [7, 11) is 1.41. The van der Waals surface area contributed by atoms with E-state index in [4.69, 9.17) is 19.5 Å². The Labute approximate surface area is 206 Å². The molecule has 1 saturated heterocycles. The van der Waals surface area contributed by atoms with Gasteiger partial charge in [-0.3, -0.25) is 9.78 Å². The number of benzene rings is 1. The molecule has 36 heavy (non-hydrogen) atoms. The van der Waals surface area contributed by atoms with Gasteiger partial charge in [0.25, 0.3) is 5.91 Å². The molecule has 11 heteroatoms. The molecule has 3 unspecified atom stereocenters. The standard InChI is InChI=1S/C25H25FN6O4/c1-34-24(18-7-4-5-10-28-18)25(33)32-12-11-31(15-22(32)26)20-8-3-2-6-16(20)19-14-21(36-30-19)23(27)17-9-13-35-29-17/h2-10,13-14,22-24H,11-12,15,27H2,1H3. The number of nitrogens with two attached hydrogens (primary N) is 1. The maximum absolute atomic E-state index is 15.4. The molecule has 10 nitrogen and oxygen atoms in total. The van der Waals surface area contributed by atoms with Crippen LogP contribution in [0.1, 0.15) is 29.3 Å². The van der Waals surface area contributed by atoms with Gasteiger partial charge >= 0.3 is 0 Å². The van der Waals surface area contributed by atoms with Crippen molar-refractivity contribution in [1.82, 2.24) is 20.2 Å². The summed E-state index contributed by atoms with van der Waals surface area (Å²) in [6, 6.07) is 15.5. The number of methoxy groups -OCH3 is 1. The molecule has 1 amide bonds. The van der Waals surface area contributed by atoms with Gasteiger partial charge < -0.3 is 29.3 Å². The van der Waals surface area contributed by atoms with Gasteiger partial charge in [0.05, 0.1) is 12.2 Å². The first-order valence-electron chi connectivity index (χ1n) is 11.4. The van der Waals surface area contributed by atoms with Crippen LogP contribution < -0.4 is 10.6 Å². The van der Waals surface area contributed by atoms with Crippen molar-refractivity contribution in [3.63, 3.8) is 0 Å². The average Bonchev–Trinajstić information content (AvgIpc) is 3.62. The lowest BCUT2D eigenvalue weighted by atomic mass is 10.1. The molecule has 0 aliphatic carbocycles. The third-order valence-electron chi connectivity index (χ3n) is 6.15. The monoisotopic (exact) mass is 492 g/mol. The van der Waals surface area contributed by atoms with E-state index in [0.717, 1.165) is 11.3 Å². The van der Waals surface area contributed by atoms with Gasteiger partial charge in [-0.1, -0.05) is 34.6 Å². The number of carbonyl (C=O) groups excluding carboxylic acids is 1. The van der Waals surface area contributed by atoms with Gasteiger partial charge in [0.2, 0.25) is 0 Å². The van der Waals surface area contributed by atoms with Crippen LogP contribution in [-0.2, 0) is 9.53 Å². The number of carbonyl (C=O) groups is 1. The fraction of sp³-hybridized carbons (Fsp3) is 0.280. The number of nitrogens with zero attached hydrogens (tertiary/aromatic N) is 5. The number of hydrogen-bond acceptors (Lipinski definition) is 9. The lowest BCUT2D eigenvalue weighted by Gasteiger charge is -2.40. The first-order valence-corrected chi connectivity index (χ1v) is 11.4. The average molecular weight is 493 g/mol. The third kappa shape index (κ3) is 4.58. The zero-order valence-corrected chi connectivity index (χ0v) is 19.5. The summed E-state index contributed by atoms with van der Waals surface area (Å²) in [5.41, 5.74) is 9.26.